The van der Waals surface area contributed by atoms with Gasteiger partial charge in [-0.25, -0.2) is 4.79 Å². The highest BCUT2D eigenvalue weighted by molar-refractivity contribution is 8.18. The minimum absolute atomic E-state index is 0.0874. The number of anilines is 1. The van der Waals surface area contributed by atoms with Crippen LogP contribution in [-0.4, -0.2) is 22.1 Å². The molecule has 1 aliphatic heterocycles. The molecular weight excluding hydrogens is 394 g/mol. The molecule has 0 bridgehead atoms. The highest BCUT2D eigenvalue weighted by atomic mass is 32.2. The molecule has 1 fully saturated rings. The molecule has 9 heteroatoms. The summed E-state index contributed by atoms with van der Waals surface area (Å²) in [6, 6.07) is 13.2. The Morgan fingerprint density at radius 3 is 2.62 bits per heavy atom. The van der Waals surface area contributed by atoms with Crippen LogP contribution in [0.3, 0.4) is 0 Å². The smallest absolute Gasteiger partial charge is 0.316 e. The Morgan fingerprint density at radius 2 is 1.93 bits per heavy atom. The maximum Gasteiger partial charge on any atom is 0.316 e. The van der Waals surface area contributed by atoms with Gasteiger partial charge >= 0.3 is 6.03 Å². The molecule has 1 aliphatic rings. The minimum Gasteiger partial charge on any atom is -0.467 e. The topological polar surface area (TPSA) is 119 Å². The van der Waals surface area contributed by atoms with E-state index in [9.17, 15) is 14.4 Å². The maximum absolute atomic E-state index is 12.5. The molecular formula is C20H15N3O5S. The molecule has 3 heterocycles. The van der Waals surface area contributed by atoms with E-state index in [1.807, 2.05) is 0 Å². The molecule has 1 aromatic carbocycles. The number of amides is 4. The number of nitrogens with one attached hydrogen (secondary N) is 1. The van der Waals surface area contributed by atoms with Gasteiger partial charge in [0.1, 0.15) is 17.3 Å². The first kappa shape index (κ1) is 18.6. The first-order chi connectivity index (χ1) is 14.0. The average Bonchev–Trinajstić information content (AvgIpc) is 3.41. The van der Waals surface area contributed by atoms with E-state index < -0.39 is 11.9 Å². The zero-order valence-electron chi connectivity index (χ0n) is 15.0. The van der Waals surface area contributed by atoms with E-state index in [1.165, 1.54) is 6.26 Å². The first-order valence-corrected chi connectivity index (χ1v) is 9.36. The zero-order chi connectivity index (χ0) is 20.4. The van der Waals surface area contributed by atoms with E-state index in [4.69, 9.17) is 14.6 Å². The van der Waals surface area contributed by atoms with Crippen LogP contribution in [0.5, 0.6) is 0 Å². The van der Waals surface area contributed by atoms with E-state index in [0.29, 0.717) is 23.0 Å². The molecule has 1 saturated heterocycles. The van der Waals surface area contributed by atoms with Gasteiger partial charge in [-0.2, -0.15) is 0 Å². The highest BCUT2D eigenvalue weighted by Crippen LogP contribution is 2.34. The van der Waals surface area contributed by atoms with Crippen molar-refractivity contribution in [3.8, 4) is 11.3 Å². The number of imide groups is 1. The van der Waals surface area contributed by atoms with Gasteiger partial charge in [0.2, 0.25) is 0 Å². The van der Waals surface area contributed by atoms with E-state index in [-0.39, 0.29) is 16.7 Å². The van der Waals surface area contributed by atoms with Crippen molar-refractivity contribution < 1.29 is 23.2 Å². The molecule has 146 valence electrons. The van der Waals surface area contributed by atoms with Crippen molar-refractivity contribution in [2.45, 2.75) is 6.54 Å². The van der Waals surface area contributed by atoms with Crippen LogP contribution in [0.15, 0.2) is 68.5 Å². The lowest BCUT2D eigenvalue weighted by Crippen LogP contribution is -2.27. The van der Waals surface area contributed by atoms with Crippen LogP contribution in [0.25, 0.3) is 17.4 Å². The molecule has 3 N–H and O–H groups in total. The fourth-order valence-electron chi connectivity index (χ4n) is 2.77. The summed E-state index contributed by atoms with van der Waals surface area (Å²) in [6.45, 7) is 0.0874. The second-order valence-electron chi connectivity index (χ2n) is 6.12. The number of rotatable bonds is 5. The maximum atomic E-state index is 12.5. The van der Waals surface area contributed by atoms with Gasteiger partial charge in [-0.05, 0) is 60.3 Å². The van der Waals surface area contributed by atoms with Crippen LogP contribution in [0.4, 0.5) is 15.3 Å². The second-order valence-corrected chi connectivity index (χ2v) is 7.11. The molecule has 2 aromatic heterocycles. The average molecular weight is 409 g/mol. The SMILES string of the molecule is NC(=O)Nc1ccc(-c2ccc(/C=C3/SC(=O)N(Cc4ccco4)C3=O)o2)cc1. The summed E-state index contributed by atoms with van der Waals surface area (Å²) in [5.74, 6) is 1.17. The number of benzene rings is 1. The van der Waals surface area contributed by atoms with Gasteiger partial charge in [0.05, 0.1) is 17.7 Å². The standard InChI is InChI=1S/C20H15N3O5S/c21-19(25)22-13-5-3-12(4-6-13)16-8-7-14(28-16)10-17-18(24)23(20(26)29-17)11-15-2-1-9-27-15/h1-10H,11H2,(H3,21,22,25)/b17-10+. The van der Waals surface area contributed by atoms with Crippen molar-refractivity contribution in [2.24, 2.45) is 5.73 Å². The van der Waals surface area contributed by atoms with Crippen molar-refractivity contribution in [1.29, 1.82) is 0 Å². The molecule has 0 spiro atoms. The third-order valence-corrected chi connectivity index (χ3v) is 5.01. The predicted octanol–water partition coefficient (Wildman–Crippen LogP) is 4.27. The largest absolute Gasteiger partial charge is 0.467 e. The van der Waals surface area contributed by atoms with Gasteiger partial charge in [0.15, 0.2) is 0 Å². The highest BCUT2D eigenvalue weighted by Gasteiger charge is 2.35. The van der Waals surface area contributed by atoms with Crippen molar-refractivity contribution >= 4 is 40.7 Å². The van der Waals surface area contributed by atoms with Gasteiger partial charge in [-0.15, -0.1) is 0 Å². The van der Waals surface area contributed by atoms with Crippen LogP contribution in [-0.2, 0) is 11.3 Å². The number of nitrogens with zero attached hydrogens (tertiary/aromatic N) is 1. The van der Waals surface area contributed by atoms with Gasteiger partial charge in [0, 0.05) is 17.3 Å². The minimum atomic E-state index is -0.640. The molecule has 0 saturated carbocycles. The van der Waals surface area contributed by atoms with Crippen LogP contribution in [0.2, 0.25) is 0 Å². The van der Waals surface area contributed by atoms with E-state index in [1.54, 1.807) is 54.6 Å². The number of urea groups is 1. The van der Waals surface area contributed by atoms with Crippen molar-refractivity contribution in [2.75, 3.05) is 5.32 Å². The fourth-order valence-corrected chi connectivity index (χ4v) is 3.59. The number of nitrogens with two attached hydrogens (primary N) is 1. The number of hydrogen-bond donors (Lipinski definition) is 2. The van der Waals surface area contributed by atoms with E-state index in [2.05, 4.69) is 5.32 Å². The van der Waals surface area contributed by atoms with Crippen molar-refractivity contribution in [1.82, 2.24) is 4.90 Å². The van der Waals surface area contributed by atoms with Gasteiger partial charge in [-0.3, -0.25) is 14.5 Å². The lowest BCUT2D eigenvalue weighted by Gasteiger charge is -2.09. The molecule has 0 unspecified atom stereocenters. The third-order valence-electron chi connectivity index (χ3n) is 4.10. The third kappa shape index (κ3) is 4.09. The molecule has 0 aliphatic carbocycles. The number of carbonyl (C=O) groups is 3. The monoisotopic (exact) mass is 409 g/mol. The van der Waals surface area contributed by atoms with Crippen LogP contribution < -0.4 is 11.1 Å². The summed E-state index contributed by atoms with van der Waals surface area (Å²) in [6.07, 6.45) is 3.03. The number of thioether (sulfide) groups is 1. The molecule has 4 rings (SSSR count). The number of carbonyl (C=O) groups excluding carboxylic acids is 3. The normalized spacial score (nSPS) is 15.3. The van der Waals surface area contributed by atoms with Crippen molar-refractivity contribution in [3.05, 3.63) is 71.2 Å². The van der Waals surface area contributed by atoms with Gasteiger partial charge < -0.3 is 19.9 Å². The Kier molecular flexibility index (Phi) is 4.96. The number of furan rings is 2. The molecule has 3 aromatic rings. The summed E-state index contributed by atoms with van der Waals surface area (Å²) in [5, 5.41) is 2.12. The van der Waals surface area contributed by atoms with Gasteiger partial charge in [0.25, 0.3) is 11.1 Å². The van der Waals surface area contributed by atoms with Crippen LogP contribution in [0.1, 0.15) is 11.5 Å². The summed E-state index contributed by atoms with van der Waals surface area (Å²) < 4.78 is 11.0. The first-order valence-electron chi connectivity index (χ1n) is 8.54. The lowest BCUT2D eigenvalue weighted by atomic mass is 10.1. The summed E-state index contributed by atoms with van der Waals surface area (Å²) in [7, 11) is 0. The lowest BCUT2D eigenvalue weighted by molar-refractivity contribution is -0.123. The Bertz CT molecular complexity index is 1100. The fraction of sp³-hybridized carbons (Fsp3) is 0.0500. The Labute approximate surface area is 169 Å². The summed E-state index contributed by atoms with van der Waals surface area (Å²) in [5.41, 5.74) is 6.44. The number of hydrogen-bond acceptors (Lipinski definition) is 6. The Hall–Kier alpha value is -3.72. The van der Waals surface area contributed by atoms with Crippen LogP contribution >= 0.6 is 11.8 Å². The summed E-state index contributed by atoms with van der Waals surface area (Å²) >= 11 is 0.856. The van der Waals surface area contributed by atoms with Crippen LogP contribution in [0, 0.1) is 0 Å². The Balaban J connectivity index is 1.49. The summed E-state index contributed by atoms with van der Waals surface area (Å²) in [4.78, 5) is 37.0. The van der Waals surface area contributed by atoms with E-state index in [0.717, 1.165) is 22.2 Å². The number of primary amides is 1. The molecule has 0 radical (unpaired) electrons. The Morgan fingerprint density at radius 1 is 1.14 bits per heavy atom. The van der Waals surface area contributed by atoms with E-state index >= 15 is 0 Å². The van der Waals surface area contributed by atoms with Gasteiger partial charge in [-0.1, -0.05) is 0 Å². The predicted molar refractivity (Wildman–Crippen MR) is 108 cm³/mol. The molecule has 8 nitrogen and oxygen atoms in total. The second kappa shape index (κ2) is 7.72. The molecule has 4 amide bonds. The molecule has 0 atom stereocenters. The molecule has 29 heavy (non-hydrogen) atoms. The quantitative estimate of drug-likeness (QED) is 0.608. The zero-order valence-corrected chi connectivity index (χ0v) is 15.8. The van der Waals surface area contributed by atoms with Crippen molar-refractivity contribution in [3.63, 3.8) is 0 Å².